The minimum atomic E-state index is 0.352. The topological polar surface area (TPSA) is 17.1 Å². The average Bonchev–Trinajstić information content (AvgIpc) is 2.56. The van der Waals surface area contributed by atoms with E-state index in [9.17, 15) is 4.79 Å². The molecular formula is C14H24O. The van der Waals surface area contributed by atoms with E-state index in [1.807, 2.05) is 0 Å². The van der Waals surface area contributed by atoms with Gasteiger partial charge in [0.25, 0.3) is 0 Å². The molecule has 1 nitrogen and oxygen atoms in total. The second-order valence-corrected chi connectivity index (χ2v) is 5.95. The fraction of sp³-hybridized carbons (Fsp3) is 0.929. The molecule has 4 atom stereocenters. The van der Waals surface area contributed by atoms with Crippen molar-refractivity contribution < 1.29 is 4.79 Å². The van der Waals surface area contributed by atoms with Gasteiger partial charge in [-0.15, -0.1) is 0 Å². The van der Waals surface area contributed by atoms with Gasteiger partial charge >= 0.3 is 0 Å². The van der Waals surface area contributed by atoms with E-state index in [0.717, 1.165) is 24.7 Å². The van der Waals surface area contributed by atoms with E-state index in [-0.39, 0.29) is 0 Å². The lowest BCUT2D eigenvalue weighted by Crippen LogP contribution is -2.39. The highest BCUT2D eigenvalue weighted by molar-refractivity contribution is 5.83. The summed E-state index contributed by atoms with van der Waals surface area (Å²) in [6.45, 7) is 7.04. The van der Waals surface area contributed by atoms with Gasteiger partial charge in [-0.2, -0.15) is 0 Å². The molecule has 1 heteroatoms. The fourth-order valence-electron chi connectivity index (χ4n) is 4.19. The van der Waals surface area contributed by atoms with Crippen LogP contribution in [0, 0.1) is 23.2 Å². The van der Waals surface area contributed by atoms with Gasteiger partial charge in [0.2, 0.25) is 0 Å². The quantitative estimate of drug-likeness (QED) is 0.674. The van der Waals surface area contributed by atoms with Crippen LogP contribution in [0.2, 0.25) is 0 Å². The highest BCUT2D eigenvalue weighted by Crippen LogP contribution is 2.56. The number of fused-ring (bicyclic) bond motifs is 1. The molecule has 0 spiro atoms. The zero-order valence-electron chi connectivity index (χ0n) is 10.4. The predicted octanol–water partition coefficient (Wildman–Crippen LogP) is 3.82. The summed E-state index contributed by atoms with van der Waals surface area (Å²) < 4.78 is 0. The lowest BCUT2D eigenvalue weighted by molar-refractivity contribution is -0.130. The normalized spacial score (nSPS) is 42.7. The van der Waals surface area contributed by atoms with E-state index in [1.165, 1.54) is 25.7 Å². The summed E-state index contributed by atoms with van der Waals surface area (Å²) in [4.78, 5) is 11.9. The standard InChI is InChI=1S/C14H24O/c1-4-10(2)11-7-8-12-13(15)6-5-9-14(11,12)3/h10-12H,4-9H2,1-3H3. The van der Waals surface area contributed by atoms with Crippen molar-refractivity contribution in [2.75, 3.05) is 0 Å². The van der Waals surface area contributed by atoms with E-state index in [4.69, 9.17) is 0 Å². The van der Waals surface area contributed by atoms with Crippen molar-refractivity contribution in [1.82, 2.24) is 0 Å². The Morgan fingerprint density at radius 2 is 2.20 bits per heavy atom. The molecule has 2 rings (SSSR count). The second kappa shape index (κ2) is 3.92. The van der Waals surface area contributed by atoms with Gasteiger partial charge in [0.05, 0.1) is 0 Å². The third kappa shape index (κ3) is 1.64. The van der Waals surface area contributed by atoms with Crippen LogP contribution in [-0.4, -0.2) is 5.78 Å². The first-order chi connectivity index (χ1) is 7.09. The molecular weight excluding hydrogens is 184 g/mol. The van der Waals surface area contributed by atoms with Crippen LogP contribution in [0.3, 0.4) is 0 Å². The van der Waals surface area contributed by atoms with Gasteiger partial charge in [-0.3, -0.25) is 4.79 Å². The molecule has 0 saturated heterocycles. The monoisotopic (exact) mass is 208 g/mol. The van der Waals surface area contributed by atoms with Gasteiger partial charge in [-0.05, 0) is 42.9 Å². The minimum absolute atomic E-state index is 0.352. The molecule has 0 aromatic carbocycles. The first-order valence-electron chi connectivity index (χ1n) is 6.62. The maximum absolute atomic E-state index is 11.9. The first kappa shape index (κ1) is 11.2. The van der Waals surface area contributed by atoms with Crippen LogP contribution >= 0.6 is 0 Å². The zero-order valence-corrected chi connectivity index (χ0v) is 10.4. The van der Waals surface area contributed by atoms with Crippen LogP contribution in [0.15, 0.2) is 0 Å². The molecule has 0 amide bonds. The van der Waals surface area contributed by atoms with Crippen molar-refractivity contribution in [3.05, 3.63) is 0 Å². The molecule has 0 aromatic heterocycles. The molecule has 0 heterocycles. The third-order valence-corrected chi connectivity index (χ3v) is 5.27. The molecule has 0 radical (unpaired) electrons. The molecule has 0 bridgehead atoms. The van der Waals surface area contributed by atoms with Crippen molar-refractivity contribution in [3.8, 4) is 0 Å². The van der Waals surface area contributed by atoms with E-state index in [2.05, 4.69) is 20.8 Å². The summed E-state index contributed by atoms with van der Waals surface area (Å²) in [5.74, 6) is 2.57. The summed E-state index contributed by atoms with van der Waals surface area (Å²) in [7, 11) is 0. The number of carbonyl (C=O) groups excluding carboxylic acids is 1. The predicted molar refractivity (Wildman–Crippen MR) is 62.6 cm³/mol. The Hall–Kier alpha value is -0.330. The van der Waals surface area contributed by atoms with E-state index in [1.54, 1.807) is 0 Å². The molecule has 2 aliphatic rings. The van der Waals surface area contributed by atoms with Crippen LogP contribution < -0.4 is 0 Å². The highest BCUT2D eigenvalue weighted by Gasteiger charge is 2.51. The summed E-state index contributed by atoms with van der Waals surface area (Å²) >= 11 is 0. The molecule has 0 N–H and O–H groups in total. The van der Waals surface area contributed by atoms with Crippen LogP contribution in [0.1, 0.15) is 59.3 Å². The van der Waals surface area contributed by atoms with Gasteiger partial charge in [0, 0.05) is 12.3 Å². The molecule has 4 unspecified atom stereocenters. The molecule has 15 heavy (non-hydrogen) atoms. The smallest absolute Gasteiger partial charge is 0.136 e. The number of hydrogen-bond donors (Lipinski definition) is 0. The Morgan fingerprint density at radius 3 is 2.87 bits per heavy atom. The Labute approximate surface area is 93.6 Å². The van der Waals surface area contributed by atoms with Gasteiger partial charge in [-0.1, -0.05) is 27.2 Å². The van der Waals surface area contributed by atoms with E-state index in [0.29, 0.717) is 17.1 Å². The Bertz CT molecular complexity index is 258. The van der Waals surface area contributed by atoms with Crippen LogP contribution in [0.25, 0.3) is 0 Å². The number of ketones is 1. The largest absolute Gasteiger partial charge is 0.299 e. The maximum Gasteiger partial charge on any atom is 0.136 e. The van der Waals surface area contributed by atoms with Crippen LogP contribution in [0.4, 0.5) is 0 Å². The number of carbonyl (C=O) groups is 1. The molecule has 0 aliphatic heterocycles. The van der Waals surface area contributed by atoms with Crippen LogP contribution in [-0.2, 0) is 4.79 Å². The minimum Gasteiger partial charge on any atom is -0.299 e. The molecule has 2 fully saturated rings. The SMILES string of the molecule is CCC(C)C1CCC2C(=O)CCCC21C. The summed E-state index contributed by atoms with van der Waals surface area (Å²) in [6, 6.07) is 0. The van der Waals surface area contributed by atoms with E-state index < -0.39 is 0 Å². The van der Waals surface area contributed by atoms with Gasteiger partial charge < -0.3 is 0 Å². The Morgan fingerprint density at radius 1 is 1.47 bits per heavy atom. The van der Waals surface area contributed by atoms with Crippen molar-refractivity contribution in [2.24, 2.45) is 23.2 Å². The number of Topliss-reactive ketones (excluding diaryl/α,β-unsaturated/α-hetero) is 1. The average molecular weight is 208 g/mol. The summed E-state index contributed by atoms with van der Waals surface area (Å²) in [5, 5.41) is 0. The lowest BCUT2D eigenvalue weighted by atomic mass is 9.62. The van der Waals surface area contributed by atoms with Crippen molar-refractivity contribution in [3.63, 3.8) is 0 Å². The van der Waals surface area contributed by atoms with E-state index >= 15 is 0 Å². The van der Waals surface area contributed by atoms with Crippen molar-refractivity contribution >= 4 is 5.78 Å². The van der Waals surface area contributed by atoms with Gasteiger partial charge in [0.1, 0.15) is 5.78 Å². The summed E-state index contributed by atoms with van der Waals surface area (Å²) in [6.07, 6.45) is 7.01. The second-order valence-electron chi connectivity index (χ2n) is 5.95. The lowest BCUT2D eigenvalue weighted by Gasteiger charge is -2.42. The van der Waals surface area contributed by atoms with Gasteiger partial charge in [0.15, 0.2) is 0 Å². The fourth-order valence-corrected chi connectivity index (χ4v) is 4.19. The maximum atomic E-state index is 11.9. The zero-order chi connectivity index (χ0) is 11.1. The molecule has 2 aliphatic carbocycles. The van der Waals surface area contributed by atoms with Crippen molar-refractivity contribution in [2.45, 2.75) is 59.3 Å². The Balaban J connectivity index is 2.21. The summed E-state index contributed by atoms with van der Waals surface area (Å²) in [5.41, 5.74) is 0.352. The van der Waals surface area contributed by atoms with Crippen LogP contribution in [0.5, 0.6) is 0 Å². The Kier molecular flexibility index (Phi) is 2.92. The molecule has 86 valence electrons. The van der Waals surface area contributed by atoms with Crippen molar-refractivity contribution in [1.29, 1.82) is 0 Å². The third-order valence-electron chi connectivity index (χ3n) is 5.27. The molecule has 0 aromatic rings. The highest BCUT2D eigenvalue weighted by atomic mass is 16.1. The number of hydrogen-bond acceptors (Lipinski definition) is 1. The number of rotatable bonds is 2. The first-order valence-corrected chi connectivity index (χ1v) is 6.62. The molecule has 2 saturated carbocycles. The van der Waals surface area contributed by atoms with Gasteiger partial charge in [-0.25, -0.2) is 0 Å².